The SMILES string of the molecule is Nc1nc(Cn2c(-c3ccc(Oc4ncccn4)cc3)ccc2-c2ccccc2Cl)ccc1OCCO. The van der Waals surface area contributed by atoms with E-state index in [1.807, 2.05) is 60.7 Å². The molecule has 0 amide bonds. The lowest BCUT2D eigenvalue weighted by molar-refractivity contribution is 0.201. The number of aliphatic hydroxyl groups excluding tert-OH is 1. The number of nitrogen functional groups attached to an aromatic ring is 1. The van der Waals surface area contributed by atoms with Crippen LogP contribution in [0.3, 0.4) is 0 Å². The van der Waals surface area contributed by atoms with Gasteiger partial charge in [0.05, 0.1) is 24.5 Å². The first-order valence-corrected chi connectivity index (χ1v) is 12.0. The van der Waals surface area contributed by atoms with Crippen LogP contribution in [0.25, 0.3) is 22.5 Å². The maximum atomic E-state index is 9.02. The van der Waals surface area contributed by atoms with Crippen LogP contribution in [-0.2, 0) is 6.54 Å². The minimum atomic E-state index is -0.0999. The summed E-state index contributed by atoms with van der Waals surface area (Å²) in [4.78, 5) is 12.7. The molecule has 0 aliphatic rings. The van der Waals surface area contributed by atoms with Crippen molar-refractivity contribution in [1.82, 2.24) is 19.5 Å². The zero-order valence-corrected chi connectivity index (χ0v) is 20.5. The maximum absolute atomic E-state index is 9.02. The monoisotopic (exact) mass is 513 g/mol. The van der Waals surface area contributed by atoms with Crippen molar-refractivity contribution in [2.75, 3.05) is 18.9 Å². The quantitative estimate of drug-likeness (QED) is 0.269. The molecule has 0 unspecified atom stereocenters. The van der Waals surface area contributed by atoms with E-state index in [0.29, 0.717) is 23.1 Å². The lowest BCUT2D eigenvalue weighted by atomic mass is 10.1. The Morgan fingerprint density at radius 1 is 0.865 bits per heavy atom. The number of hydrogen-bond donors (Lipinski definition) is 2. The first-order valence-electron chi connectivity index (χ1n) is 11.6. The summed E-state index contributed by atoms with van der Waals surface area (Å²) in [7, 11) is 0. The van der Waals surface area contributed by atoms with Crippen LogP contribution in [-0.4, -0.2) is 37.8 Å². The van der Waals surface area contributed by atoms with Crippen molar-refractivity contribution in [3.05, 3.63) is 102 Å². The van der Waals surface area contributed by atoms with Gasteiger partial charge >= 0.3 is 6.01 Å². The van der Waals surface area contributed by atoms with Crippen LogP contribution in [0.1, 0.15) is 5.69 Å². The van der Waals surface area contributed by atoms with Crippen molar-refractivity contribution in [1.29, 1.82) is 0 Å². The molecular formula is C28H24ClN5O3. The summed E-state index contributed by atoms with van der Waals surface area (Å²) in [5.74, 6) is 1.34. The normalized spacial score (nSPS) is 10.9. The minimum Gasteiger partial charge on any atom is -0.487 e. The Bertz CT molecular complexity index is 1490. The molecule has 3 N–H and O–H groups in total. The molecule has 0 spiro atoms. The second kappa shape index (κ2) is 11.1. The fourth-order valence-corrected chi connectivity index (χ4v) is 4.20. The highest BCUT2D eigenvalue weighted by Crippen LogP contribution is 2.34. The Balaban J connectivity index is 1.50. The van der Waals surface area contributed by atoms with Gasteiger partial charge in [-0.15, -0.1) is 0 Å². The van der Waals surface area contributed by atoms with E-state index in [2.05, 4.69) is 25.6 Å². The maximum Gasteiger partial charge on any atom is 0.321 e. The number of hydrogen-bond acceptors (Lipinski definition) is 7. The van der Waals surface area contributed by atoms with Crippen LogP contribution in [0.15, 0.2) is 91.3 Å². The molecule has 37 heavy (non-hydrogen) atoms. The highest BCUT2D eigenvalue weighted by molar-refractivity contribution is 6.33. The molecule has 0 aliphatic carbocycles. The van der Waals surface area contributed by atoms with Gasteiger partial charge in [-0.25, -0.2) is 15.0 Å². The van der Waals surface area contributed by atoms with Gasteiger partial charge in [-0.1, -0.05) is 29.8 Å². The zero-order chi connectivity index (χ0) is 25.6. The molecule has 3 aromatic heterocycles. The van der Waals surface area contributed by atoms with Crippen LogP contribution in [0.4, 0.5) is 5.82 Å². The van der Waals surface area contributed by atoms with E-state index in [0.717, 1.165) is 28.2 Å². The number of anilines is 1. The summed E-state index contributed by atoms with van der Waals surface area (Å²) in [6.45, 7) is 0.501. The van der Waals surface area contributed by atoms with Crippen LogP contribution in [0, 0.1) is 0 Å². The van der Waals surface area contributed by atoms with Crippen LogP contribution in [0.2, 0.25) is 5.02 Å². The fraction of sp³-hybridized carbons (Fsp3) is 0.107. The van der Waals surface area contributed by atoms with Gasteiger partial charge in [-0.2, -0.15) is 0 Å². The first-order chi connectivity index (χ1) is 18.1. The lowest BCUT2D eigenvalue weighted by Crippen LogP contribution is -2.09. The smallest absolute Gasteiger partial charge is 0.321 e. The topological polar surface area (TPSA) is 108 Å². The van der Waals surface area contributed by atoms with E-state index in [4.69, 9.17) is 31.9 Å². The molecule has 9 heteroatoms. The summed E-state index contributed by atoms with van der Waals surface area (Å²) >= 11 is 6.57. The Hall–Kier alpha value is -4.40. The minimum absolute atomic E-state index is 0.0999. The van der Waals surface area contributed by atoms with Crippen molar-refractivity contribution in [3.63, 3.8) is 0 Å². The number of rotatable bonds is 9. The number of aliphatic hydroxyl groups is 1. The van der Waals surface area contributed by atoms with E-state index in [9.17, 15) is 0 Å². The van der Waals surface area contributed by atoms with Crippen LogP contribution < -0.4 is 15.2 Å². The van der Waals surface area contributed by atoms with E-state index < -0.39 is 0 Å². The Kier molecular flexibility index (Phi) is 7.30. The van der Waals surface area contributed by atoms with Crippen molar-refractivity contribution in [2.24, 2.45) is 0 Å². The standard InChI is InChI=1S/C28H24ClN5O3/c29-23-5-2-1-4-22(23)25-12-11-24(19-6-9-21(10-7-19)37-28-31-14-3-15-32-28)34(25)18-20-8-13-26(27(30)33-20)36-17-16-35/h1-15,35H,16-18H2,(H2,30,33). The van der Waals surface area contributed by atoms with Crippen LogP contribution >= 0.6 is 11.6 Å². The van der Waals surface area contributed by atoms with E-state index in [1.54, 1.807) is 24.5 Å². The van der Waals surface area contributed by atoms with Crippen molar-refractivity contribution in [3.8, 4) is 40.0 Å². The average Bonchev–Trinajstić information content (AvgIpc) is 3.32. The largest absolute Gasteiger partial charge is 0.487 e. The van der Waals surface area contributed by atoms with E-state index in [-0.39, 0.29) is 25.0 Å². The molecule has 3 heterocycles. The molecule has 0 saturated heterocycles. The Morgan fingerprint density at radius 3 is 2.35 bits per heavy atom. The molecule has 0 aliphatic heterocycles. The summed E-state index contributed by atoms with van der Waals surface area (Å²) in [5.41, 5.74) is 10.7. The highest BCUT2D eigenvalue weighted by atomic mass is 35.5. The second-order valence-corrected chi connectivity index (χ2v) is 8.49. The predicted molar refractivity (Wildman–Crippen MR) is 143 cm³/mol. The number of nitrogens with zero attached hydrogens (tertiary/aromatic N) is 4. The molecule has 0 fully saturated rings. The summed E-state index contributed by atoms with van der Waals surface area (Å²) in [5, 5.41) is 9.67. The molecule has 5 aromatic rings. The molecule has 5 rings (SSSR count). The van der Waals surface area contributed by atoms with Gasteiger partial charge in [-0.3, -0.25) is 0 Å². The number of aromatic nitrogens is 4. The molecule has 2 aromatic carbocycles. The number of halogens is 1. The van der Waals surface area contributed by atoms with Gasteiger partial charge in [0.15, 0.2) is 11.6 Å². The van der Waals surface area contributed by atoms with Gasteiger partial charge in [0.25, 0.3) is 0 Å². The third-order valence-electron chi connectivity index (χ3n) is 5.64. The molecule has 186 valence electrons. The molecule has 0 bridgehead atoms. The van der Waals surface area contributed by atoms with E-state index >= 15 is 0 Å². The summed E-state index contributed by atoms with van der Waals surface area (Å²) in [6.07, 6.45) is 3.26. The van der Waals surface area contributed by atoms with Gasteiger partial charge in [0, 0.05) is 28.7 Å². The average molecular weight is 514 g/mol. The fourth-order valence-electron chi connectivity index (χ4n) is 3.96. The van der Waals surface area contributed by atoms with Crippen molar-refractivity contribution in [2.45, 2.75) is 6.54 Å². The third kappa shape index (κ3) is 5.55. The third-order valence-corrected chi connectivity index (χ3v) is 5.97. The highest BCUT2D eigenvalue weighted by Gasteiger charge is 2.16. The molecule has 0 saturated carbocycles. The Labute approximate surface area is 218 Å². The lowest BCUT2D eigenvalue weighted by Gasteiger charge is -2.16. The summed E-state index contributed by atoms with van der Waals surface area (Å²) in [6, 6.07) is 25.2. The van der Waals surface area contributed by atoms with E-state index in [1.165, 1.54) is 0 Å². The second-order valence-electron chi connectivity index (χ2n) is 8.09. The number of nitrogens with two attached hydrogens (primary N) is 1. The zero-order valence-electron chi connectivity index (χ0n) is 19.8. The Morgan fingerprint density at radius 2 is 1.62 bits per heavy atom. The number of benzene rings is 2. The van der Waals surface area contributed by atoms with Gasteiger partial charge in [0.2, 0.25) is 0 Å². The van der Waals surface area contributed by atoms with Crippen molar-refractivity contribution < 1.29 is 14.6 Å². The van der Waals surface area contributed by atoms with Gasteiger partial charge in [0.1, 0.15) is 12.4 Å². The molecule has 8 nitrogen and oxygen atoms in total. The molecule has 0 atom stereocenters. The van der Waals surface area contributed by atoms with Crippen LogP contribution in [0.5, 0.6) is 17.5 Å². The van der Waals surface area contributed by atoms with Gasteiger partial charge < -0.3 is 24.9 Å². The number of pyridine rings is 1. The predicted octanol–water partition coefficient (Wildman–Crippen LogP) is 5.45. The molecular weight excluding hydrogens is 490 g/mol. The molecule has 0 radical (unpaired) electrons. The van der Waals surface area contributed by atoms with Crippen molar-refractivity contribution >= 4 is 17.4 Å². The van der Waals surface area contributed by atoms with Gasteiger partial charge in [-0.05, 0) is 66.2 Å². The first kappa shape index (κ1) is 24.3. The number of ether oxygens (including phenoxy) is 2. The summed E-state index contributed by atoms with van der Waals surface area (Å²) < 4.78 is 13.3.